The van der Waals surface area contributed by atoms with E-state index < -0.39 is 6.10 Å². The average molecular weight is 333 g/mol. The zero-order chi connectivity index (χ0) is 14.1. The second-order valence-corrected chi connectivity index (χ2v) is 6.20. The third kappa shape index (κ3) is 2.74. The van der Waals surface area contributed by atoms with Gasteiger partial charge in [0.25, 0.3) is 0 Å². The maximum absolute atomic E-state index is 10.6. The molecule has 2 nitrogen and oxygen atoms in total. The number of aryl methyl sites for hydroxylation is 2. The Labute approximate surface area is 127 Å². The summed E-state index contributed by atoms with van der Waals surface area (Å²) >= 11 is 3.48. The van der Waals surface area contributed by atoms with Gasteiger partial charge < -0.3 is 9.84 Å². The maximum Gasteiger partial charge on any atom is 0.122 e. The van der Waals surface area contributed by atoms with Crippen LogP contribution in [-0.2, 0) is 6.42 Å². The van der Waals surface area contributed by atoms with Crippen molar-refractivity contribution < 1.29 is 9.84 Å². The number of benzene rings is 2. The third-order valence-electron chi connectivity index (χ3n) is 3.63. The van der Waals surface area contributed by atoms with Crippen LogP contribution in [0.2, 0.25) is 0 Å². The summed E-state index contributed by atoms with van der Waals surface area (Å²) in [5.41, 5.74) is 4.16. The summed E-state index contributed by atoms with van der Waals surface area (Å²) in [5, 5.41) is 10.6. The van der Waals surface area contributed by atoms with Crippen LogP contribution in [0.5, 0.6) is 5.75 Å². The first-order valence-electron chi connectivity index (χ1n) is 6.84. The van der Waals surface area contributed by atoms with Crippen molar-refractivity contribution in [1.29, 1.82) is 0 Å². The molecule has 0 aromatic heterocycles. The molecule has 1 heterocycles. The molecule has 1 atom stereocenters. The largest absolute Gasteiger partial charge is 0.493 e. The van der Waals surface area contributed by atoms with E-state index in [1.165, 1.54) is 5.56 Å². The molecule has 0 amide bonds. The third-order valence-corrected chi connectivity index (χ3v) is 4.09. The molecule has 0 radical (unpaired) electrons. The van der Waals surface area contributed by atoms with Crippen molar-refractivity contribution >= 4 is 15.9 Å². The number of ether oxygens (including phenoxy) is 1. The highest BCUT2D eigenvalue weighted by atomic mass is 79.9. The minimum atomic E-state index is -0.599. The average Bonchev–Trinajstić information content (AvgIpc) is 2.45. The quantitative estimate of drug-likeness (QED) is 0.894. The van der Waals surface area contributed by atoms with Crippen molar-refractivity contribution in [3.05, 3.63) is 63.1 Å². The van der Waals surface area contributed by atoms with Crippen molar-refractivity contribution in [2.45, 2.75) is 25.9 Å². The highest BCUT2D eigenvalue weighted by molar-refractivity contribution is 9.10. The Morgan fingerprint density at radius 2 is 2.00 bits per heavy atom. The number of fused-ring (bicyclic) bond motifs is 1. The molecule has 1 unspecified atom stereocenters. The lowest BCUT2D eigenvalue weighted by Gasteiger charge is -2.20. The molecular formula is C17H17BrO2. The topological polar surface area (TPSA) is 29.5 Å². The van der Waals surface area contributed by atoms with E-state index in [4.69, 9.17) is 4.74 Å². The van der Waals surface area contributed by atoms with E-state index in [2.05, 4.69) is 22.0 Å². The van der Waals surface area contributed by atoms with Gasteiger partial charge in [-0.15, -0.1) is 0 Å². The van der Waals surface area contributed by atoms with Gasteiger partial charge in [-0.05, 0) is 66.3 Å². The Bertz CT molecular complexity index is 617. The normalized spacial score (nSPS) is 15.3. The molecule has 2 aromatic carbocycles. The molecule has 0 saturated carbocycles. The van der Waals surface area contributed by atoms with Crippen LogP contribution >= 0.6 is 15.9 Å². The summed E-state index contributed by atoms with van der Waals surface area (Å²) in [4.78, 5) is 0. The minimum Gasteiger partial charge on any atom is -0.493 e. The first-order valence-corrected chi connectivity index (χ1v) is 7.63. The number of aliphatic hydroxyl groups excluding tert-OH is 1. The highest BCUT2D eigenvalue weighted by Gasteiger charge is 2.16. The van der Waals surface area contributed by atoms with E-state index in [9.17, 15) is 5.11 Å². The van der Waals surface area contributed by atoms with Crippen molar-refractivity contribution in [2.75, 3.05) is 6.61 Å². The predicted octanol–water partition coefficient (Wildman–Crippen LogP) is 4.16. The van der Waals surface area contributed by atoms with E-state index in [1.54, 1.807) is 0 Å². The van der Waals surface area contributed by atoms with Gasteiger partial charge in [-0.3, -0.25) is 0 Å². The fourth-order valence-electron chi connectivity index (χ4n) is 2.67. The van der Waals surface area contributed by atoms with Crippen molar-refractivity contribution in [2.24, 2.45) is 0 Å². The smallest absolute Gasteiger partial charge is 0.122 e. The standard InChI is InChI=1S/C17H17BrO2/c1-11-7-14(10-15(18)8-11)17(19)13-4-5-16-12(9-13)3-2-6-20-16/h4-5,7-10,17,19H,2-3,6H2,1H3. The Morgan fingerprint density at radius 1 is 1.15 bits per heavy atom. The van der Waals surface area contributed by atoms with Gasteiger partial charge >= 0.3 is 0 Å². The molecule has 0 aliphatic carbocycles. The van der Waals surface area contributed by atoms with Gasteiger partial charge in [0.1, 0.15) is 11.9 Å². The Balaban J connectivity index is 1.95. The molecule has 20 heavy (non-hydrogen) atoms. The van der Waals surface area contributed by atoms with E-state index in [0.29, 0.717) is 0 Å². The molecule has 0 bridgehead atoms. The SMILES string of the molecule is Cc1cc(Br)cc(C(O)c2ccc3c(c2)CCCO3)c1. The Kier molecular flexibility index (Phi) is 3.81. The molecular weight excluding hydrogens is 316 g/mol. The molecule has 3 rings (SSSR count). The lowest BCUT2D eigenvalue weighted by molar-refractivity contribution is 0.219. The number of aliphatic hydroxyl groups is 1. The Hall–Kier alpha value is -1.32. The highest BCUT2D eigenvalue weighted by Crippen LogP contribution is 2.31. The molecule has 104 valence electrons. The zero-order valence-electron chi connectivity index (χ0n) is 11.4. The lowest BCUT2D eigenvalue weighted by Crippen LogP contribution is -2.09. The van der Waals surface area contributed by atoms with Crippen molar-refractivity contribution in [1.82, 2.24) is 0 Å². The molecule has 1 aliphatic rings. The molecule has 0 spiro atoms. The summed E-state index contributed by atoms with van der Waals surface area (Å²) in [6.07, 6.45) is 1.47. The molecule has 0 fully saturated rings. The van der Waals surface area contributed by atoms with Gasteiger partial charge in [0.2, 0.25) is 0 Å². The minimum absolute atomic E-state index is 0.599. The zero-order valence-corrected chi connectivity index (χ0v) is 13.0. The molecule has 1 N–H and O–H groups in total. The van der Waals surface area contributed by atoms with Crippen LogP contribution in [0.4, 0.5) is 0 Å². The van der Waals surface area contributed by atoms with Gasteiger partial charge in [-0.1, -0.05) is 28.1 Å². The van der Waals surface area contributed by atoms with Gasteiger partial charge in [-0.2, -0.15) is 0 Å². The van der Waals surface area contributed by atoms with Gasteiger partial charge in [-0.25, -0.2) is 0 Å². The van der Waals surface area contributed by atoms with Crippen LogP contribution in [0.1, 0.15) is 34.8 Å². The number of hydrogen-bond donors (Lipinski definition) is 1. The van der Waals surface area contributed by atoms with E-state index >= 15 is 0 Å². The van der Waals surface area contributed by atoms with Crippen LogP contribution < -0.4 is 4.74 Å². The fourth-order valence-corrected chi connectivity index (χ4v) is 3.29. The second kappa shape index (κ2) is 5.58. The second-order valence-electron chi connectivity index (χ2n) is 5.28. The molecule has 3 heteroatoms. The maximum atomic E-state index is 10.6. The number of halogens is 1. The van der Waals surface area contributed by atoms with E-state index in [-0.39, 0.29) is 0 Å². The summed E-state index contributed by atoms with van der Waals surface area (Å²) in [5.74, 6) is 0.956. The van der Waals surface area contributed by atoms with Gasteiger partial charge in [0.15, 0.2) is 0 Å². The summed E-state index contributed by atoms with van der Waals surface area (Å²) < 4.78 is 6.61. The summed E-state index contributed by atoms with van der Waals surface area (Å²) in [6.45, 7) is 2.82. The van der Waals surface area contributed by atoms with E-state index in [1.807, 2.05) is 37.3 Å². The molecule has 0 saturated heterocycles. The summed E-state index contributed by atoms with van der Waals surface area (Å²) in [6, 6.07) is 12.0. The first kappa shape index (κ1) is 13.7. The molecule has 1 aliphatic heterocycles. The number of rotatable bonds is 2. The van der Waals surface area contributed by atoms with Gasteiger partial charge in [0, 0.05) is 4.47 Å². The van der Waals surface area contributed by atoms with Crippen molar-refractivity contribution in [3.8, 4) is 5.75 Å². The predicted molar refractivity (Wildman–Crippen MR) is 83.2 cm³/mol. The first-order chi connectivity index (χ1) is 9.63. The van der Waals surface area contributed by atoms with Crippen LogP contribution in [-0.4, -0.2) is 11.7 Å². The number of hydrogen-bond acceptors (Lipinski definition) is 2. The van der Waals surface area contributed by atoms with Crippen molar-refractivity contribution in [3.63, 3.8) is 0 Å². The van der Waals surface area contributed by atoms with Crippen LogP contribution in [0, 0.1) is 6.92 Å². The fraction of sp³-hybridized carbons (Fsp3) is 0.294. The molecule has 2 aromatic rings. The van der Waals surface area contributed by atoms with Crippen LogP contribution in [0.25, 0.3) is 0 Å². The van der Waals surface area contributed by atoms with Gasteiger partial charge in [0.05, 0.1) is 6.61 Å². The van der Waals surface area contributed by atoms with Crippen LogP contribution in [0.3, 0.4) is 0 Å². The van der Waals surface area contributed by atoms with Crippen LogP contribution in [0.15, 0.2) is 40.9 Å². The Morgan fingerprint density at radius 3 is 2.80 bits per heavy atom. The monoisotopic (exact) mass is 332 g/mol. The summed E-state index contributed by atoms with van der Waals surface area (Å²) in [7, 11) is 0. The van der Waals surface area contributed by atoms with E-state index in [0.717, 1.165) is 46.4 Å². The lowest BCUT2D eigenvalue weighted by atomic mass is 9.96.